The van der Waals surface area contributed by atoms with Gasteiger partial charge in [0.1, 0.15) is 5.82 Å². The molecule has 0 amide bonds. The summed E-state index contributed by atoms with van der Waals surface area (Å²) in [5, 5.41) is 3.29. The van der Waals surface area contributed by atoms with E-state index in [0.29, 0.717) is 18.2 Å². The van der Waals surface area contributed by atoms with Crippen molar-refractivity contribution in [1.82, 2.24) is 9.55 Å². The first-order valence-corrected chi connectivity index (χ1v) is 6.31. The van der Waals surface area contributed by atoms with Crippen molar-refractivity contribution in [2.24, 2.45) is 0 Å². The van der Waals surface area contributed by atoms with Gasteiger partial charge in [-0.05, 0) is 24.6 Å². The third-order valence-electron chi connectivity index (χ3n) is 2.63. The average Bonchev–Trinajstić information content (AvgIpc) is 2.86. The molecule has 0 atom stereocenters. The van der Waals surface area contributed by atoms with Crippen LogP contribution < -0.4 is 5.32 Å². The number of imidazole rings is 1. The Balaban J connectivity index is 2.12. The number of benzene rings is 1. The minimum Gasteiger partial charge on any atom is -0.385 e. The van der Waals surface area contributed by atoms with Gasteiger partial charge in [-0.25, -0.2) is 9.37 Å². The Morgan fingerprint density at radius 2 is 2.32 bits per heavy atom. The number of ether oxygens (including phenoxy) is 1. The molecular formula is C13H15ClFN3O. The second-order valence-electron chi connectivity index (χ2n) is 3.99. The van der Waals surface area contributed by atoms with Crippen molar-refractivity contribution in [3.05, 3.63) is 41.4 Å². The fraction of sp³-hybridized carbons (Fsp3) is 0.308. The number of rotatable bonds is 6. The summed E-state index contributed by atoms with van der Waals surface area (Å²) in [6, 6.07) is 4.65. The molecule has 4 nitrogen and oxygen atoms in total. The average molecular weight is 284 g/mol. The maximum atomic E-state index is 13.5. The number of methoxy groups -OCH3 is 1. The quantitative estimate of drug-likeness (QED) is 0.828. The molecule has 2 rings (SSSR count). The van der Waals surface area contributed by atoms with Crippen LogP contribution in [0.4, 0.5) is 10.3 Å². The van der Waals surface area contributed by atoms with Crippen LogP contribution in [-0.2, 0) is 4.74 Å². The minimum atomic E-state index is -0.446. The maximum Gasteiger partial charge on any atom is 0.207 e. The van der Waals surface area contributed by atoms with Crippen molar-refractivity contribution in [1.29, 1.82) is 0 Å². The highest BCUT2D eigenvalue weighted by molar-refractivity contribution is 6.30. The van der Waals surface area contributed by atoms with Crippen LogP contribution in [0, 0.1) is 5.82 Å². The molecule has 1 N–H and O–H groups in total. The molecule has 0 bridgehead atoms. The van der Waals surface area contributed by atoms with E-state index in [-0.39, 0.29) is 5.02 Å². The molecule has 0 aliphatic heterocycles. The van der Waals surface area contributed by atoms with Gasteiger partial charge in [-0.2, -0.15) is 0 Å². The zero-order chi connectivity index (χ0) is 13.7. The van der Waals surface area contributed by atoms with Crippen molar-refractivity contribution in [2.75, 3.05) is 25.6 Å². The lowest BCUT2D eigenvalue weighted by atomic mass is 10.3. The highest BCUT2D eigenvalue weighted by Crippen LogP contribution is 2.20. The van der Waals surface area contributed by atoms with Crippen LogP contribution in [0.3, 0.4) is 0 Å². The first-order valence-electron chi connectivity index (χ1n) is 5.94. The van der Waals surface area contributed by atoms with E-state index < -0.39 is 5.82 Å². The van der Waals surface area contributed by atoms with E-state index in [0.717, 1.165) is 13.0 Å². The number of nitrogens with one attached hydrogen (secondary N) is 1. The number of hydrogen-bond donors (Lipinski definition) is 1. The molecule has 1 aromatic heterocycles. The standard InChI is InChI=1S/C13H15ClFN3O/c1-19-8-2-5-16-13-17-6-7-18(13)10-3-4-11(14)12(15)9-10/h3-4,6-7,9H,2,5,8H2,1H3,(H,16,17). The summed E-state index contributed by atoms with van der Waals surface area (Å²) in [5.41, 5.74) is 0.675. The lowest BCUT2D eigenvalue weighted by molar-refractivity contribution is 0.197. The second-order valence-corrected chi connectivity index (χ2v) is 4.40. The van der Waals surface area contributed by atoms with Gasteiger partial charge in [0.2, 0.25) is 5.95 Å². The number of halogens is 2. The van der Waals surface area contributed by atoms with E-state index in [1.165, 1.54) is 12.1 Å². The Kier molecular flexibility index (Phi) is 4.76. The molecule has 0 unspecified atom stereocenters. The summed E-state index contributed by atoms with van der Waals surface area (Å²) in [4.78, 5) is 4.20. The van der Waals surface area contributed by atoms with E-state index in [1.54, 1.807) is 30.1 Å². The van der Waals surface area contributed by atoms with Crippen LogP contribution in [-0.4, -0.2) is 29.8 Å². The Labute approximate surface area is 116 Å². The Hall–Kier alpha value is -1.59. The van der Waals surface area contributed by atoms with Crippen molar-refractivity contribution >= 4 is 17.5 Å². The van der Waals surface area contributed by atoms with Crippen molar-refractivity contribution in [3.63, 3.8) is 0 Å². The highest BCUT2D eigenvalue weighted by Gasteiger charge is 2.07. The summed E-state index contributed by atoms with van der Waals surface area (Å²) < 4.78 is 20.2. The fourth-order valence-corrected chi connectivity index (χ4v) is 1.81. The molecular weight excluding hydrogens is 269 g/mol. The normalized spacial score (nSPS) is 10.7. The Morgan fingerprint density at radius 1 is 1.47 bits per heavy atom. The predicted molar refractivity (Wildman–Crippen MR) is 73.5 cm³/mol. The van der Waals surface area contributed by atoms with Gasteiger partial charge in [0, 0.05) is 32.7 Å². The van der Waals surface area contributed by atoms with Gasteiger partial charge in [0.05, 0.1) is 10.7 Å². The maximum absolute atomic E-state index is 13.5. The van der Waals surface area contributed by atoms with E-state index in [4.69, 9.17) is 16.3 Å². The molecule has 2 aromatic rings. The van der Waals surface area contributed by atoms with E-state index in [2.05, 4.69) is 10.3 Å². The first-order chi connectivity index (χ1) is 9.22. The van der Waals surface area contributed by atoms with Crippen LogP contribution >= 0.6 is 11.6 Å². The number of aromatic nitrogens is 2. The van der Waals surface area contributed by atoms with E-state index in [9.17, 15) is 4.39 Å². The molecule has 1 aromatic carbocycles. The summed E-state index contributed by atoms with van der Waals surface area (Å²) in [7, 11) is 1.66. The smallest absolute Gasteiger partial charge is 0.207 e. The molecule has 1 heterocycles. The van der Waals surface area contributed by atoms with Crippen LogP contribution in [0.2, 0.25) is 5.02 Å². The fourth-order valence-electron chi connectivity index (χ4n) is 1.69. The number of nitrogens with zero attached hydrogens (tertiary/aromatic N) is 2. The van der Waals surface area contributed by atoms with Gasteiger partial charge < -0.3 is 10.1 Å². The highest BCUT2D eigenvalue weighted by atomic mass is 35.5. The van der Waals surface area contributed by atoms with Gasteiger partial charge in [0.25, 0.3) is 0 Å². The molecule has 0 aliphatic rings. The van der Waals surface area contributed by atoms with Gasteiger partial charge >= 0.3 is 0 Å². The summed E-state index contributed by atoms with van der Waals surface area (Å²) in [5.74, 6) is 0.219. The molecule has 102 valence electrons. The van der Waals surface area contributed by atoms with Gasteiger partial charge in [0.15, 0.2) is 0 Å². The SMILES string of the molecule is COCCCNc1nccn1-c1ccc(Cl)c(F)c1. The molecule has 0 spiro atoms. The zero-order valence-electron chi connectivity index (χ0n) is 10.6. The molecule has 0 saturated carbocycles. The topological polar surface area (TPSA) is 39.1 Å². The minimum absolute atomic E-state index is 0.110. The summed E-state index contributed by atoms with van der Waals surface area (Å²) in [6.07, 6.45) is 4.30. The first kappa shape index (κ1) is 13.8. The number of anilines is 1. The molecule has 0 saturated heterocycles. The molecule has 0 fully saturated rings. The van der Waals surface area contributed by atoms with Crippen LogP contribution in [0.5, 0.6) is 0 Å². The monoisotopic (exact) mass is 283 g/mol. The predicted octanol–water partition coefficient (Wildman–Crippen LogP) is 3.11. The van der Waals surface area contributed by atoms with Crippen LogP contribution in [0.15, 0.2) is 30.6 Å². The van der Waals surface area contributed by atoms with Crippen LogP contribution in [0.1, 0.15) is 6.42 Å². The lowest BCUT2D eigenvalue weighted by Crippen LogP contribution is -2.09. The van der Waals surface area contributed by atoms with Gasteiger partial charge in [-0.1, -0.05) is 11.6 Å². The van der Waals surface area contributed by atoms with Crippen molar-refractivity contribution in [2.45, 2.75) is 6.42 Å². The molecule has 6 heteroatoms. The third kappa shape index (κ3) is 3.45. The van der Waals surface area contributed by atoms with Crippen molar-refractivity contribution < 1.29 is 9.13 Å². The van der Waals surface area contributed by atoms with Crippen molar-refractivity contribution in [3.8, 4) is 5.69 Å². The third-order valence-corrected chi connectivity index (χ3v) is 2.94. The lowest BCUT2D eigenvalue weighted by Gasteiger charge is -2.10. The number of hydrogen-bond acceptors (Lipinski definition) is 3. The van der Waals surface area contributed by atoms with Gasteiger partial charge in [-0.3, -0.25) is 4.57 Å². The van der Waals surface area contributed by atoms with E-state index in [1.807, 2.05) is 0 Å². The van der Waals surface area contributed by atoms with Gasteiger partial charge in [-0.15, -0.1) is 0 Å². The molecule has 0 radical (unpaired) electrons. The summed E-state index contributed by atoms with van der Waals surface area (Å²) >= 11 is 5.67. The Morgan fingerprint density at radius 3 is 3.05 bits per heavy atom. The zero-order valence-corrected chi connectivity index (χ0v) is 11.3. The largest absolute Gasteiger partial charge is 0.385 e. The second kappa shape index (κ2) is 6.54. The molecule has 0 aliphatic carbocycles. The molecule has 19 heavy (non-hydrogen) atoms. The Bertz CT molecular complexity index is 544. The van der Waals surface area contributed by atoms with Crippen LogP contribution in [0.25, 0.3) is 5.69 Å². The summed E-state index contributed by atoms with van der Waals surface area (Å²) in [6.45, 7) is 1.42. The van der Waals surface area contributed by atoms with E-state index >= 15 is 0 Å².